The molecule has 4 aromatic rings. The van der Waals surface area contributed by atoms with Crippen molar-refractivity contribution < 1.29 is 4.79 Å². The molecule has 0 spiro atoms. The Morgan fingerprint density at radius 3 is 2.79 bits per heavy atom. The quantitative estimate of drug-likeness (QED) is 0.366. The van der Waals surface area contributed by atoms with E-state index in [-0.39, 0.29) is 11.9 Å². The Morgan fingerprint density at radius 1 is 1.21 bits per heavy atom. The number of carbonyl (C=O) groups is 1. The van der Waals surface area contributed by atoms with E-state index in [1.807, 2.05) is 71.6 Å². The highest BCUT2D eigenvalue weighted by molar-refractivity contribution is 8.00. The topological polar surface area (TPSA) is 59.0 Å². The Labute approximate surface area is 175 Å². The van der Waals surface area contributed by atoms with Gasteiger partial charge in [-0.3, -0.25) is 4.79 Å². The zero-order valence-corrected chi connectivity index (χ0v) is 17.3. The molecule has 2 N–H and O–H groups in total. The van der Waals surface area contributed by atoms with Crippen molar-refractivity contribution in [1.29, 1.82) is 0 Å². The highest BCUT2D eigenvalue weighted by Crippen LogP contribution is 2.26. The minimum Gasteiger partial charge on any atom is -0.335 e. The first-order chi connectivity index (χ1) is 13.6. The van der Waals surface area contributed by atoms with E-state index in [1.165, 1.54) is 11.9 Å². The molecule has 0 aliphatic heterocycles. The Hall–Kier alpha value is -2.48. The number of amides is 1. The molecule has 4 rings (SSSR count). The van der Waals surface area contributed by atoms with Crippen LogP contribution in [0.15, 0.2) is 71.2 Å². The van der Waals surface area contributed by atoms with Gasteiger partial charge in [-0.15, -0.1) is 11.3 Å². The van der Waals surface area contributed by atoms with Gasteiger partial charge < -0.3 is 14.6 Å². The van der Waals surface area contributed by atoms with E-state index in [4.69, 9.17) is 11.6 Å². The molecule has 0 aliphatic rings. The minimum absolute atomic E-state index is 0.0752. The summed E-state index contributed by atoms with van der Waals surface area (Å²) in [5.41, 5.74) is 1.74. The smallest absolute Gasteiger partial charge is 0.247 e. The molecule has 1 atom stereocenters. The van der Waals surface area contributed by atoms with Gasteiger partial charge in [-0.25, -0.2) is 4.98 Å². The third kappa shape index (κ3) is 4.16. The molecule has 0 aliphatic carbocycles. The summed E-state index contributed by atoms with van der Waals surface area (Å²) < 4.78 is 5.13. The second-order valence-electron chi connectivity index (χ2n) is 6.16. The Morgan fingerprint density at radius 2 is 2.04 bits per heavy atom. The van der Waals surface area contributed by atoms with E-state index in [2.05, 4.69) is 15.0 Å². The number of nitrogens with one attached hydrogen (secondary N) is 2. The third-order valence-corrected chi connectivity index (χ3v) is 6.15. The minimum atomic E-state index is -0.348. The molecule has 0 radical (unpaired) electrons. The van der Waals surface area contributed by atoms with Crippen molar-refractivity contribution >= 4 is 62.5 Å². The number of anilines is 2. The van der Waals surface area contributed by atoms with Gasteiger partial charge in [0.15, 0.2) is 5.13 Å². The van der Waals surface area contributed by atoms with Crippen LogP contribution in [0.25, 0.3) is 10.9 Å². The molecule has 1 amide bonds. The molecule has 142 valence electrons. The Kier molecular flexibility index (Phi) is 5.57. The van der Waals surface area contributed by atoms with Crippen LogP contribution in [0, 0.1) is 0 Å². The lowest BCUT2D eigenvalue weighted by Gasteiger charge is -2.15. The first kappa shape index (κ1) is 18.9. The van der Waals surface area contributed by atoms with Gasteiger partial charge in [0.25, 0.3) is 0 Å². The predicted octanol–water partition coefficient (Wildman–Crippen LogP) is 6.07. The molecule has 0 saturated carbocycles. The van der Waals surface area contributed by atoms with Gasteiger partial charge in [-0.1, -0.05) is 11.6 Å². The standard InChI is InChI=1S/C20H17ClN4OS2/c1-13(25-10-8-14-12-15(21)2-7-18(14)25)19(26)23-16-3-5-17(6-4-16)28-24-20-22-9-11-27-20/h2-13H,1H3,(H,22,24)(H,23,26). The predicted molar refractivity (Wildman–Crippen MR) is 118 cm³/mol. The van der Waals surface area contributed by atoms with Crippen LogP contribution in [-0.2, 0) is 4.79 Å². The largest absolute Gasteiger partial charge is 0.335 e. The lowest BCUT2D eigenvalue weighted by molar-refractivity contribution is -0.118. The van der Waals surface area contributed by atoms with Crippen molar-refractivity contribution in [2.24, 2.45) is 0 Å². The summed E-state index contributed by atoms with van der Waals surface area (Å²) >= 11 is 9.07. The van der Waals surface area contributed by atoms with E-state index in [0.29, 0.717) is 5.02 Å². The van der Waals surface area contributed by atoms with Gasteiger partial charge in [0.05, 0.1) is 0 Å². The van der Waals surface area contributed by atoms with Crippen LogP contribution < -0.4 is 10.0 Å². The van der Waals surface area contributed by atoms with Crippen LogP contribution in [0.1, 0.15) is 13.0 Å². The van der Waals surface area contributed by atoms with Crippen LogP contribution in [0.2, 0.25) is 5.02 Å². The van der Waals surface area contributed by atoms with Gasteiger partial charge in [0.2, 0.25) is 5.91 Å². The molecular weight excluding hydrogens is 412 g/mol. The molecule has 2 aromatic heterocycles. The lowest BCUT2D eigenvalue weighted by atomic mass is 10.2. The number of rotatable bonds is 6. The molecular formula is C20H17ClN4OS2. The van der Waals surface area contributed by atoms with E-state index >= 15 is 0 Å². The fourth-order valence-corrected chi connectivity index (χ4v) is 4.23. The molecule has 0 saturated heterocycles. The number of halogens is 1. The summed E-state index contributed by atoms with van der Waals surface area (Å²) in [7, 11) is 0. The van der Waals surface area contributed by atoms with Crippen molar-refractivity contribution in [2.75, 3.05) is 10.0 Å². The Balaban J connectivity index is 1.41. The summed E-state index contributed by atoms with van der Waals surface area (Å²) in [4.78, 5) is 17.9. The first-order valence-electron chi connectivity index (χ1n) is 8.59. The molecule has 0 bridgehead atoms. The van der Waals surface area contributed by atoms with E-state index < -0.39 is 0 Å². The molecule has 1 unspecified atom stereocenters. The second kappa shape index (κ2) is 8.26. The monoisotopic (exact) mass is 428 g/mol. The number of aromatic nitrogens is 2. The number of benzene rings is 2. The van der Waals surface area contributed by atoms with E-state index in [9.17, 15) is 4.79 Å². The van der Waals surface area contributed by atoms with Crippen molar-refractivity contribution in [2.45, 2.75) is 17.9 Å². The summed E-state index contributed by atoms with van der Waals surface area (Å²) in [6.45, 7) is 1.88. The maximum atomic E-state index is 12.7. The number of thiazole rings is 1. The average molecular weight is 429 g/mol. The van der Waals surface area contributed by atoms with Crippen molar-refractivity contribution in [3.8, 4) is 0 Å². The maximum Gasteiger partial charge on any atom is 0.247 e. The first-order valence-corrected chi connectivity index (χ1v) is 10.7. The zero-order valence-electron chi connectivity index (χ0n) is 14.9. The van der Waals surface area contributed by atoms with Gasteiger partial charge in [0, 0.05) is 44.3 Å². The van der Waals surface area contributed by atoms with E-state index in [0.717, 1.165) is 26.6 Å². The van der Waals surface area contributed by atoms with Crippen LogP contribution >= 0.6 is 34.9 Å². The van der Waals surface area contributed by atoms with Crippen LogP contribution in [0.5, 0.6) is 0 Å². The number of carbonyl (C=O) groups excluding carboxylic acids is 1. The maximum absolute atomic E-state index is 12.7. The van der Waals surface area contributed by atoms with Crippen LogP contribution in [0.4, 0.5) is 10.8 Å². The second-order valence-corrected chi connectivity index (χ2v) is 8.37. The summed E-state index contributed by atoms with van der Waals surface area (Å²) in [6.07, 6.45) is 3.67. The molecule has 8 heteroatoms. The summed E-state index contributed by atoms with van der Waals surface area (Å²) in [5.74, 6) is -0.0752. The van der Waals surface area contributed by atoms with E-state index in [1.54, 1.807) is 17.5 Å². The SMILES string of the molecule is CC(C(=O)Nc1ccc(SNc2nccs2)cc1)n1ccc2cc(Cl)ccc21. The Bertz CT molecular complexity index is 1090. The van der Waals surface area contributed by atoms with Gasteiger partial charge >= 0.3 is 0 Å². The van der Waals surface area contributed by atoms with Crippen LogP contribution in [0.3, 0.4) is 0 Å². The van der Waals surface area contributed by atoms with Crippen molar-refractivity contribution in [3.05, 3.63) is 71.3 Å². The average Bonchev–Trinajstić information content (AvgIpc) is 3.36. The van der Waals surface area contributed by atoms with Crippen molar-refractivity contribution in [3.63, 3.8) is 0 Å². The highest BCUT2D eigenvalue weighted by atomic mass is 35.5. The van der Waals surface area contributed by atoms with Gasteiger partial charge in [-0.2, -0.15) is 0 Å². The normalized spacial score (nSPS) is 12.1. The van der Waals surface area contributed by atoms with Gasteiger partial charge in [-0.05, 0) is 67.4 Å². The molecule has 5 nitrogen and oxygen atoms in total. The molecule has 2 heterocycles. The third-order valence-electron chi connectivity index (χ3n) is 4.29. The number of fused-ring (bicyclic) bond motifs is 1. The molecule has 0 fully saturated rings. The fraction of sp³-hybridized carbons (Fsp3) is 0.100. The zero-order chi connectivity index (χ0) is 19.5. The van der Waals surface area contributed by atoms with Crippen molar-refractivity contribution in [1.82, 2.24) is 9.55 Å². The fourth-order valence-electron chi connectivity index (χ4n) is 2.83. The molecule has 2 aromatic carbocycles. The lowest BCUT2D eigenvalue weighted by Crippen LogP contribution is -2.23. The highest BCUT2D eigenvalue weighted by Gasteiger charge is 2.17. The number of hydrogen-bond donors (Lipinski definition) is 2. The summed E-state index contributed by atoms with van der Waals surface area (Å²) in [6, 6.07) is 15.0. The number of nitrogens with zero attached hydrogens (tertiary/aromatic N) is 2. The van der Waals surface area contributed by atoms with Crippen LogP contribution in [-0.4, -0.2) is 15.5 Å². The number of hydrogen-bond acceptors (Lipinski definition) is 5. The molecule has 28 heavy (non-hydrogen) atoms. The summed E-state index contributed by atoms with van der Waals surface area (Å²) in [5, 5.41) is 7.46. The van der Waals surface area contributed by atoms with Gasteiger partial charge in [0.1, 0.15) is 6.04 Å².